The van der Waals surface area contributed by atoms with E-state index in [1.165, 1.54) is 0 Å². The van der Waals surface area contributed by atoms with Gasteiger partial charge in [-0.25, -0.2) is 0 Å². The fraction of sp³-hybridized carbons (Fsp3) is 0.889. The van der Waals surface area contributed by atoms with Gasteiger partial charge in [0.05, 0.1) is 0 Å². The van der Waals surface area contributed by atoms with E-state index in [1.807, 2.05) is 19.3 Å². The van der Waals surface area contributed by atoms with E-state index in [9.17, 15) is 18.0 Å². The van der Waals surface area contributed by atoms with Gasteiger partial charge in [-0.15, -0.1) is 0 Å². The summed E-state index contributed by atoms with van der Waals surface area (Å²) >= 11 is 0. The van der Waals surface area contributed by atoms with Crippen molar-refractivity contribution in [3.63, 3.8) is 0 Å². The fourth-order valence-corrected chi connectivity index (χ4v) is 1.81. The van der Waals surface area contributed by atoms with Crippen LogP contribution >= 0.6 is 0 Å². The van der Waals surface area contributed by atoms with Gasteiger partial charge in [0, 0.05) is 19.1 Å². The first-order chi connectivity index (χ1) is 6.80. The minimum Gasteiger partial charge on any atom is -0.348 e. The van der Waals surface area contributed by atoms with Crippen LogP contribution in [0.15, 0.2) is 0 Å². The van der Waals surface area contributed by atoms with Gasteiger partial charge in [-0.05, 0) is 26.3 Å². The van der Waals surface area contributed by atoms with Crippen LogP contribution < -0.4 is 5.32 Å². The molecule has 1 saturated heterocycles. The average molecular weight is 224 g/mol. The van der Waals surface area contributed by atoms with Crippen molar-refractivity contribution in [1.82, 2.24) is 10.2 Å². The van der Waals surface area contributed by atoms with E-state index < -0.39 is 12.1 Å². The molecule has 1 rings (SSSR count). The van der Waals surface area contributed by atoms with E-state index >= 15 is 0 Å². The van der Waals surface area contributed by atoms with Gasteiger partial charge >= 0.3 is 12.1 Å². The van der Waals surface area contributed by atoms with Crippen LogP contribution in [0.4, 0.5) is 13.2 Å². The first-order valence-electron chi connectivity index (χ1n) is 4.86. The molecule has 1 aliphatic heterocycles. The smallest absolute Gasteiger partial charge is 0.348 e. The lowest BCUT2D eigenvalue weighted by Gasteiger charge is -2.13. The normalized spacial score (nSPS) is 28.1. The van der Waals surface area contributed by atoms with Crippen LogP contribution in [-0.4, -0.2) is 43.2 Å². The Morgan fingerprint density at radius 2 is 2.13 bits per heavy atom. The molecule has 6 heteroatoms. The number of rotatable bonds is 2. The van der Waals surface area contributed by atoms with E-state index in [-0.39, 0.29) is 12.5 Å². The van der Waals surface area contributed by atoms with Crippen molar-refractivity contribution in [3.8, 4) is 0 Å². The zero-order valence-electron chi connectivity index (χ0n) is 8.77. The van der Waals surface area contributed by atoms with E-state index in [0.29, 0.717) is 6.04 Å². The molecule has 15 heavy (non-hydrogen) atoms. The van der Waals surface area contributed by atoms with Gasteiger partial charge < -0.3 is 10.2 Å². The maximum absolute atomic E-state index is 11.9. The molecule has 0 aliphatic carbocycles. The fourth-order valence-electron chi connectivity index (χ4n) is 1.81. The third-order valence-corrected chi connectivity index (χ3v) is 2.78. The number of carbonyl (C=O) groups excluding carboxylic acids is 1. The van der Waals surface area contributed by atoms with Gasteiger partial charge in [-0.1, -0.05) is 0 Å². The number of amides is 1. The Morgan fingerprint density at radius 3 is 2.53 bits per heavy atom. The van der Waals surface area contributed by atoms with Crippen molar-refractivity contribution in [1.29, 1.82) is 0 Å². The Balaban J connectivity index is 2.30. The molecule has 1 heterocycles. The number of nitrogens with one attached hydrogen (secondary N) is 1. The van der Waals surface area contributed by atoms with Crippen LogP contribution in [0.2, 0.25) is 0 Å². The second kappa shape index (κ2) is 4.38. The first kappa shape index (κ1) is 12.3. The Morgan fingerprint density at radius 1 is 1.53 bits per heavy atom. The quantitative estimate of drug-likeness (QED) is 0.759. The molecule has 2 unspecified atom stereocenters. The molecule has 1 amide bonds. The van der Waals surface area contributed by atoms with Gasteiger partial charge in [0.25, 0.3) is 0 Å². The molecule has 88 valence electrons. The zero-order chi connectivity index (χ0) is 11.6. The molecule has 1 aliphatic rings. The van der Waals surface area contributed by atoms with Gasteiger partial charge in [0.15, 0.2) is 0 Å². The molecule has 0 bridgehead atoms. The van der Waals surface area contributed by atoms with Crippen molar-refractivity contribution in [2.75, 3.05) is 20.1 Å². The number of carbonyl (C=O) groups is 1. The second-order valence-corrected chi connectivity index (χ2v) is 4.10. The first-order valence-corrected chi connectivity index (χ1v) is 4.86. The highest BCUT2D eigenvalue weighted by Crippen LogP contribution is 2.21. The standard InChI is InChI=1S/C9H15F3N2O/c1-6-3-7(5-14(6)2)4-13-8(15)9(10,11)12/h6-7H,3-5H2,1-2H3,(H,13,15). The number of alkyl halides is 3. The van der Waals surface area contributed by atoms with Gasteiger partial charge in [0.1, 0.15) is 0 Å². The predicted octanol–water partition coefficient (Wildman–Crippen LogP) is 1.01. The highest BCUT2D eigenvalue weighted by atomic mass is 19.4. The second-order valence-electron chi connectivity index (χ2n) is 4.10. The largest absolute Gasteiger partial charge is 0.471 e. The summed E-state index contributed by atoms with van der Waals surface area (Å²) in [4.78, 5) is 12.6. The number of hydrogen-bond donors (Lipinski definition) is 1. The summed E-state index contributed by atoms with van der Waals surface area (Å²) in [7, 11) is 1.93. The van der Waals surface area contributed by atoms with Crippen molar-refractivity contribution in [2.45, 2.75) is 25.6 Å². The minimum absolute atomic E-state index is 0.104. The highest BCUT2D eigenvalue weighted by molar-refractivity contribution is 5.81. The molecular weight excluding hydrogens is 209 g/mol. The maximum Gasteiger partial charge on any atom is 0.471 e. The molecule has 0 radical (unpaired) electrons. The zero-order valence-corrected chi connectivity index (χ0v) is 8.77. The predicted molar refractivity (Wildman–Crippen MR) is 49.3 cm³/mol. The third-order valence-electron chi connectivity index (χ3n) is 2.78. The molecule has 0 saturated carbocycles. The molecule has 0 aromatic carbocycles. The Kier molecular flexibility index (Phi) is 3.59. The summed E-state index contributed by atoms with van der Waals surface area (Å²) in [5, 5.41) is 1.92. The molecule has 0 spiro atoms. The minimum atomic E-state index is -4.77. The Labute approximate surface area is 86.6 Å². The van der Waals surface area contributed by atoms with Crippen molar-refractivity contribution >= 4 is 5.91 Å². The lowest BCUT2D eigenvalue weighted by Crippen LogP contribution is -2.39. The molecule has 1 fully saturated rings. The van der Waals surface area contributed by atoms with Gasteiger partial charge in [0.2, 0.25) is 0 Å². The number of hydrogen-bond acceptors (Lipinski definition) is 2. The van der Waals surface area contributed by atoms with Crippen LogP contribution in [-0.2, 0) is 4.79 Å². The van der Waals surface area contributed by atoms with Crippen LogP contribution in [0.5, 0.6) is 0 Å². The Bertz CT molecular complexity index is 232. The number of halogens is 3. The topological polar surface area (TPSA) is 32.3 Å². The van der Waals surface area contributed by atoms with Gasteiger partial charge in [-0.3, -0.25) is 4.79 Å². The van der Waals surface area contributed by atoms with Crippen LogP contribution in [0.3, 0.4) is 0 Å². The third kappa shape index (κ3) is 3.37. The summed E-state index contributed by atoms with van der Waals surface area (Å²) < 4.78 is 35.6. The lowest BCUT2D eigenvalue weighted by atomic mass is 10.1. The monoisotopic (exact) mass is 224 g/mol. The lowest BCUT2D eigenvalue weighted by molar-refractivity contribution is -0.173. The molecule has 2 atom stereocenters. The maximum atomic E-state index is 11.9. The molecular formula is C9H15F3N2O. The molecule has 0 aromatic rings. The Hall–Kier alpha value is -0.780. The summed E-state index contributed by atoms with van der Waals surface area (Å²) in [5.74, 6) is -1.72. The average Bonchev–Trinajstić information content (AvgIpc) is 2.41. The van der Waals surface area contributed by atoms with Crippen molar-refractivity contribution < 1.29 is 18.0 Å². The summed E-state index contributed by atoms with van der Waals surface area (Å²) in [6, 6.07) is 0.373. The highest BCUT2D eigenvalue weighted by Gasteiger charge is 2.39. The summed E-state index contributed by atoms with van der Waals surface area (Å²) in [6.45, 7) is 2.86. The van der Waals surface area contributed by atoms with Crippen LogP contribution in [0, 0.1) is 5.92 Å². The number of nitrogens with zero attached hydrogens (tertiary/aromatic N) is 1. The molecule has 3 nitrogen and oxygen atoms in total. The number of likely N-dealkylation sites (tertiary alicyclic amines) is 1. The van der Waals surface area contributed by atoms with E-state index in [4.69, 9.17) is 0 Å². The van der Waals surface area contributed by atoms with Crippen LogP contribution in [0.25, 0.3) is 0 Å². The van der Waals surface area contributed by atoms with E-state index in [1.54, 1.807) is 0 Å². The summed E-state index contributed by atoms with van der Waals surface area (Å²) in [6.07, 6.45) is -3.94. The van der Waals surface area contributed by atoms with E-state index in [2.05, 4.69) is 4.90 Å². The van der Waals surface area contributed by atoms with Crippen LogP contribution in [0.1, 0.15) is 13.3 Å². The molecule has 0 aromatic heterocycles. The molecule has 1 N–H and O–H groups in total. The summed E-state index contributed by atoms with van der Waals surface area (Å²) in [5.41, 5.74) is 0. The van der Waals surface area contributed by atoms with E-state index in [0.717, 1.165) is 13.0 Å². The van der Waals surface area contributed by atoms with Crippen molar-refractivity contribution in [2.24, 2.45) is 5.92 Å². The van der Waals surface area contributed by atoms with Gasteiger partial charge in [-0.2, -0.15) is 13.2 Å². The SMILES string of the molecule is CC1CC(CNC(=O)C(F)(F)F)CN1C. The van der Waals surface area contributed by atoms with Crippen molar-refractivity contribution in [3.05, 3.63) is 0 Å².